The van der Waals surface area contributed by atoms with E-state index in [1.165, 1.54) is 25.0 Å². The third-order valence-corrected chi connectivity index (χ3v) is 5.61. The summed E-state index contributed by atoms with van der Waals surface area (Å²) in [6.07, 6.45) is 5.62. The second-order valence-corrected chi connectivity index (χ2v) is 7.30. The van der Waals surface area contributed by atoms with Crippen molar-refractivity contribution < 1.29 is 18.3 Å². The molecule has 1 saturated carbocycles. The molecular weight excluding hydrogens is 352 g/mol. The number of halogens is 2. The Morgan fingerprint density at radius 1 is 1.26 bits per heavy atom. The minimum Gasteiger partial charge on any atom is -0.370 e. The van der Waals surface area contributed by atoms with Crippen molar-refractivity contribution in [3.63, 3.8) is 0 Å². The van der Waals surface area contributed by atoms with Crippen molar-refractivity contribution in [2.24, 2.45) is 0 Å². The van der Waals surface area contributed by atoms with Crippen LogP contribution in [0.3, 0.4) is 0 Å². The highest BCUT2D eigenvalue weighted by molar-refractivity contribution is 5.95. The van der Waals surface area contributed by atoms with Gasteiger partial charge in [-0.15, -0.1) is 0 Å². The molecule has 1 saturated heterocycles. The first-order valence-corrected chi connectivity index (χ1v) is 9.44. The highest BCUT2D eigenvalue weighted by Crippen LogP contribution is 2.31. The summed E-state index contributed by atoms with van der Waals surface area (Å²) in [5.41, 5.74) is 1.73. The Bertz CT molecular complexity index is 846. The van der Waals surface area contributed by atoms with Gasteiger partial charge in [-0.05, 0) is 25.8 Å². The molecule has 0 bridgehead atoms. The van der Waals surface area contributed by atoms with Crippen LogP contribution < -0.4 is 0 Å². The molecule has 1 unspecified atom stereocenters. The van der Waals surface area contributed by atoms with Crippen LogP contribution in [0.4, 0.5) is 8.78 Å². The van der Waals surface area contributed by atoms with Crippen molar-refractivity contribution in [3.05, 3.63) is 52.9 Å². The van der Waals surface area contributed by atoms with E-state index < -0.39 is 17.7 Å². The zero-order valence-electron chi connectivity index (χ0n) is 15.3. The molecule has 0 spiro atoms. The molecule has 1 aromatic heterocycles. The first-order chi connectivity index (χ1) is 13.0. The molecule has 2 aromatic rings. The average Bonchev–Trinajstić information content (AvgIpc) is 3.31. The Hall–Kier alpha value is -2.28. The molecule has 2 heterocycles. The molecule has 7 heteroatoms. The monoisotopic (exact) mass is 375 g/mol. The van der Waals surface area contributed by atoms with Crippen molar-refractivity contribution in [1.29, 1.82) is 0 Å². The summed E-state index contributed by atoms with van der Waals surface area (Å²) in [6, 6.07) is 3.80. The van der Waals surface area contributed by atoms with Gasteiger partial charge in [0.1, 0.15) is 17.7 Å². The summed E-state index contributed by atoms with van der Waals surface area (Å²) in [5, 5.41) is 4.45. The van der Waals surface area contributed by atoms with Crippen LogP contribution in [0, 0.1) is 18.6 Å². The second-order valence-electron chi connectivity index (χ2n) is 7.30. The van der Waals surface area contributed by atoms with E-state index in [2.05, 4.69) is 5.10 Å². The topological polar surface area (TPSA) is 47.4 Å². The van der Waals surface area contributed by atoms with Crippen LogP contribution in [0.1, 0.15) is 59.4 Å². The van der Waals surface area contributed by atoms with E-state index in [0.29, 0.717) is 24.8 Å². The van der Waals surface area contributed by atoms with Crippen LogP contribution >= 0.6 is 0 Å². The van der Waals surface area contributed by atoms with Crippen molar-refractivity contribution in [2.75, 3.05) is 19.7 Å². The molecule has 1 atom stereocenters. The predicted molar refractivity (Wildman–Crippen MR) is 95.4 cm³/mol. The zero-order chi connectivity index (χ0) is 19.0. The van der Waals surface area contributed by atoms with Gasteiger partial charge in [-0.3, -0.25) is 9.48 Å². The van der Waals surface area contributed by atoms with Crippen LogP contribution in [-0.4, -0.2) is 40.3 Å². The molecule has 1 amide bonds. The van der Waals surface area contributed by atoms with Gasteiger partial charge >= 0.3 is 0 Å². The molecular formula is C20H23F2N3O2. The molecule has 2 fully saturated rings. The van der Waals surface area contributed by atoms with Crippen LogP contribution in [0.15, 0.2) is 24.4 Å². The van der Waals surface area contributed by atoms with E-state index >= 15 is 0 Å². The molecule has 2 aliphatic rings. The predicted octanol–water partition coefficient (Wildman–Crippen LogP) is 3.80. The normalized spacial score (nSPS) is 21.0. The van der Waals surface area contributed by atoms with Crippen LogP contribution in [-0.2, 0) is 4.74 Å². The maximum absolute atomic E-state index is 14.1. The van der Waals surface area contributed by atoms with Crippen LogP contribution in [0.25, 0.3) is 0 Å². The van der Waals surface area contributed by atoms with E-state index in [1.807, 2.05) is 11.6 Å². The summed E-state index contributed by atoms with van der Waals surface area (Å²) in [6.45, 7) is 2.90. The minimum atomic E-state index is -0.653. The maximum atomic E-state index is 14.1. The van der Waals surface area contributed by atoms with Gasteiger partial charge in [-0.1, -0.05) is 18.9 Å². The fourth-order valence-electron chi connectivity index (χ4n) is 4.11. The Morgan fingerprint density at radius 3 is 2.78 bits per heavy atom. The summed E-state index contributed by atoms with van der Waals surface area (Å²) >= 11 is 0. The van der Waals surface area contributed by atoms with E-state index in [9.17, 15) is 13.6 Å². The van der Waals surface area contributed by atoms with Gasteiger partial charge in [-0.25, -0.2) is 8.78 Å². The van der Waals surface area contributed by atoms with Crippen LogP contribution in [0.5, 0.6) is 0 Å². The maximum Gasteiger partial charge on any atom is 0.257 e. The SMILES string of the molecule is Cc1c(C(=O)N2CCOC(c3ccc(F)cc3F)C2)cnn1C1CCCC1. The Kier molecular flexibility index (Phi) is 4.95. The number of hydrogen-bond acceptors (Lipinski definition) is 3. The lowest BCUT2D eigenvalue weighted by Gasteiger charge is -2.33. The van der Waals surface area contributed by atoms with E-state index in [0.717, 1.165) is 24.6 Å². The quantitative estimate of drug-likeness (QED) is 0.820. The molecule has 1 aromatic carbocycles. The van der Waals surface area contributed by atoms with E-state index in [1.54, 1.807) is 11.1 Å². The molecule has 0 radical (unpaired) electrons. The molecule has 4 rings (SSSR count). The lowest BCUT2D eigenvalue weighted by Crippen LogP contribution is -2.42. The lowest BCUT2D eigenvalue weighted by molar-refractivity contribution is -0.0243. The number of carbonyl (C=O) groups excluding carboxylic acids is 1. The summed E-state index contributed by atoms with van der Waals surface area (Å²) in [5.74, 6) is -1.40. The summed E-state index contributed by atoms with van der Waals surface area (Å²) in [7, 11) is 0. The summed E-state index contributed by atoms with van der Waals surface area (Å²) < 4.78 is 34.9. The third kappa shape index (κ3) is 3.48. The summed E-state index contributed by atoms with van der Waals surface area (Å²) in [4.78, 5) is 14.7. The minimum absolute atomic E-state index is 0.118. The van der Waals surface area contributed by atoms with Gasteiger partial charge in [0.25, 0.3) is 5.91 Å². The molecule has 27 heavy (non-hydrogen) atoms. The highest BCUT2D eigenvalue weighted by Gasteiger charge is 2.30. The highest BCUT2D eigenvalue weighted by atomic mass is 19.1. The van der Waals surface area contributed by atoms with Crippen molar-refractivity contribution >= 4 is 5.91 Å². The molecule has 144 valence electrons. The smallest absolute Gasteiger partial charge is 0.257 e. The fourth-order valence-corrected chi connectivity index (χ4v) is 4.11. The van der Waals surface area contributed by atoms with Crippen LogP contribution in [0.2, 0.25) is 0 Å². The van der Waals surface area contributed by atoms with Gasteiger partial charge in [-0.2, -0.15) is 5.10 Å². The first kappa shape index (κ1) is 18.1. The Labute approximate surface area is 156 Å². The Balaban J connectivity index is 1.52. The molecule has 1 aliphatic heterocycles. The lowest BCUT2D eigenvalue weighted by atomic mass is 10.1. The number of aromatic nitrogens is 2. The second kappa shape index (κ2) is 7.38. The Morgan fingerprint density at radius 2 is 2.04 bits per heavy atom. The van der Waals surface area contributed by atoms with Gasteiger partial charge in [0, 0.05) is 23.9 Å². The molecule has 0 N–H and O–H groups in total. The number of hydrogen-bond donors (Lipinski definition) is 0. The average molecular weight is 375 g/mol. The van der Waals surface area contributed by atoms with Gasteiger partial charge in [0.15, 0.2) is 0 Å². The number of morpholine rings is 1. The number of nitrogens with zero attached hydrogens (tertiary/aromatic N) is 3. The molecule has 5 nitrogen and oxygen atoms in total. The largest absolute Gasteiger partial charge is 0.370 e. The first-order valence-electron chi connectivity index (χ1n) is 9.44. The zero-order valence-corrected chi connectivity index (χ0v) is 15.3. The number of benzene rings is 1. The van der Waals surface area contributed by atoms with Crippen molar-refractivity contribution in [1.82, 2.24) is 14.7 Å². The molecule has 1 aliphatic carbocycles. The van der Waals surface area contributed by atoms with Gasteiger partial charge < -0.3 is 9.64 Å². The number of amides is 1. The fraction of sp³-hybridized carbons (Fsp3) is 0.500. The standard InChI is InChI=1S/C20H23F2N3O2/c1-13-17(11-23-25(13)15-4-2-3-5-15)20(26)24-8-9-27-19(12-24)16-7-6-14(21)10-18(16)22/h6-7,10-11,15,19H,2-5,8-9,12H2,1H3. The van der Waals surface area contributed by atoms with E-state index in [-0.39, 0.29) is 18.0 Å². The van der Waals surface area contributed by atoms with Gasteiger partial charge in [0.2, 0.25) is 0 Å². The number of rotatable bonds is 3. The third-order valence-electron chi connectivity index (χ3n) is 5.61. The van der Waals surface area contributed by atoms with Crippen molar-refractivity contribution in [2.45, 2.75) is 44.8 Å². The number of ether oxygens (including phenoxy) is 1. The van der Waals surface area contributed by atoms with Crippen molar-refractivity contribution in [3.8, 4) is 0 Å². The van der Waals surface area contributed by atoms with E-state index in [4.69, 9.17) is 4.74 Å². The van der Waals surface area contributed by atoms with Gasteiger partial charge in [0.05, 0.1) is 31.0 Å². The number of carbonyl (C=O) groups is 1.